The lowest BCUT2D eigenvalue weighted by Gasteiger charge is -2.22. The molecule has 0 spiro atoms. The van der Waals surface area contributed by atoms with Crippen LogP contribution in [-0.4, -0.2) is 24.5 Å². The summed E-state index contributed by atoms with van der Waals surface area (Å²) in [6.45, 7) is 3.04. The molecule has 1 aromatic rings. The maximum Gasteiger partial charge on any atom is 0.254 e. The molecule has 6 nitrogen and oxygen atoms in total. The minimum atomic E-state index is -1.14. The quantitative estimate of drug-likeness (QED) is 0.667. The number of hydrogen-bond donors (Lipinski definition) is 3. The third-order valence-electron chi connectivity index (χ3n) is 2.55. The number of methoxy groups -OCH3 is 1. The van der Waals surface area contributed by atoms with E-state index in [1.165, 1.54) is 33.1 Å². The predicted octanol–water partition coefficient (Wildman–Crippen LogP) is 0.271. The second kappa shape index (κ2) is 4.95. The Hall–Kier alpha value is -2.24. The highest BCUT2D eigenvalue weighted by molar-refractivity contribution is 6.02. The molecule has 0 heterocycles. The van der Waals surface area contributed by atoms with E-state index < -0.39 is 17.4 Å². The summed E-state index contributed by atoms with van der Waals surface area (Å²) in [4.78, 5) is 23.1. The monoisotopic (exact) mass is 251 g/mol. The second-order valence-corrected chi connectivity index (χ2v) is 4.40. The van der Waals surface area contributed by atoms with Crippen molar-refractivity contribution in [3.8, 4) is 5.75 Å². The molecule has 0 aromatic heterocycles. The Balaban J connectivity index is 2.95. The van der Waals surface area contributed by atoms with E-state index in [0.29, 0.717) is 5.75 Å². The third-order valence-corrected chi connectivity index (χ3v) is 2.55. The Morgan fingerprint density at radius 3 is 2.39 bits per heavy atom. The Labute approximate surface area is 105 Å². The predicted molar refractivity (Wildman–Crippen MR) is 68.1 cm³/mol. The molecule has 0 fully saturated rings. The summed E-state index contributed by atoms with van der Waals surface area (Å²) in [5.41, 5.74) is 10.3. The van der Waals surface area contributed by atoms with Gasteiger partial charge in [0, 0.05) is 11.8 Å². The second-order valence-electron chi connectivity index (χ2n) is 4.40. The SMILES string of the molecule is COc1ccc(C(=O)NC(C)(C)C(N)=O)c(N)c1. The van der Waals surface area contributed by atoms with Crippen molar-refractivity contribution in [2.45, 2.75) is 19.4 Å². The Bertz CT molecular complexity index is 483. The summed E-state index contributed by atoms with van der Waals surface area (Å²) >= 11 is 0. The molecule has 0 atom stereocenters. The van der Waals surface area contributed by atoms with E-state index in [2.05, 4.69) is 5.32 Å². The fourth-order valence-electron chi connectivity index (χ4n) is 1.29. The molecule has 0 bridgehead atoms. The number of carbonyl (C=O) groups excluding carboxylic acids is 2. The van der Waals surface area contributed by atoms with E-state index in [1.807, 2.05) is 0 Å². The number of rotatable bonds is 4. The summed E-state index contributed by atoms with van der Waals surface area (Å²) in [6, 6.07) is 4.68. The number of anilines is 1. The first-order chi connectivity index (χ1) is 8.27. The zero-order chi connectivity index (χ0) is 13.9. The van der Waals surface area contributed by atoms with Gasteiger partial charge in [0.15, 0.2) is 0 Å². The van der Waals surface area contributed by atoms with Crippen LogP contribution in [0.2, 0.25) is 0 Å². The van der Waals surface area contributed by atoms with Crippen molar-refractivity contribution >= 4 is 17.5 Å². The first kappa shape index (κ1) is 13.8. The van der Waals surface area contributed by atoms with Crippen molar-refractivity contribution in [3.05, 3.63) is 23.8 Å². The van der Waals surface area contributed by atoms with E-state index in [-0.39, 0.29) is 11.3 Å². The average Bonchev–Trinajstić information content (AvgIpc) is 2.27. The van der Waals surface area contributed by atoms with Crippen molar-refractivity contribution in [2.75, 3.05) is 12.8 Å². The highest BCUT2D eigenvalue weighted by Gasteiger charge is 2.27. The molecule has 5 N–H and O–H groups in total. The van der Waals surface area contributed by atoms with Crippen LogP contribution in [0.25, 0.3) is 0 Å². The van der Waals surface area contributed by atoms with E-state index in [9.17, 15) is 9.59 Å². The van der Waals surface area contributed by atoms with Gasteiger partial charge in [0.1, 0.15) is 11.3 Å². The number of nitrogens with one attached hydrogen (secondary N) is 1. The lowest BCUT2D eigenvalue weighted by Crippen LogP contribution is -2.53. The normalized spacial score (nSPS) is 10.8. The maximum atomic E-state index is 11.9. The van der Waals surface area contributed by atoms with Crippen LogP contribution in [0.4, 0.5) is 5.69 Å². The number of nitrogens with two attached hydrogens (primary N) is 2. The number of amides is 2. The van der Waals surface area contributed by atoms with E-state index in [4.69, 9.17) is 16.2 Å². The molecular formula is C12H17N3O3. The van der Waals surface area contributed by atoms with E-state index >= 15 is 0 Å². The smallest absolute Gasteiger partial charge is 0.254 e. The Morgan fingerprint density at radius 1 is 1.33 bits per heavy atom. The highest BCUT2D eigenvalue weighted by atomic mass is 16.5. The number of benzene rings is 1. The molecule has 1 aromatic carbocycles. The van der Waals surface area contributed by atoms with Crippen LogP contribution in [-0.2, 0) is 4.79 Å². The first-order valence-corrected chi connectivity index (χ1v) is 5.34. The molecule has 2 amide bonds. The summed E-state index contributed by atoms with van der Waals surface area (Å²) in [6.07, 6.45) is 0. The molecule has 0 radical (unpaired) electrons. The van der Waals surface area contributed by atoms with Gasteiger partial charge in [0.2, 0.25) is 5.91 Å². The van der Waals surface area contributed by atoms with Gasteiger partial charge >= 0.3 is 0 Å². The molecule has 98 valence electrons. The minimum Gasteiger partial charge on any atom is -0.497 e. The zero-order valence-electron chi connectivity index (χ0n) is 10.6. The summed E-state index contributed by atoms with van der Waals surface area (Å²) in [5.74, 6) is -0.528. The van der Waals surface area contributed by atoms with Gasteiger partial charge in [-0.1, -0.05) is 0 Å². The summed E-state index contributed by atoms with van der Waals surface area (Å²) in [7, 11) is 1.50. The van der Waals surface area contributed by atoms with E-state index in [0.717, 1.165) is 0 Å². The van der Waals surface area contributed by atoms with Gasteiger partial charge in [0.05, 0.1) is 12.7 Å². The molecule has 0 aliphatic rings. The molecule has 0 saturated heterocycles. The van der Waals surface area contributed by atoms with Gasteiger partial charge in [-0.05, 0) is 26.0 Å². The van der Waals surface area contributed by atoms with Gasteiger partial charge in [-0.2, -0.15) is 0 Å². The average molecular weight is 251 g/mol. The summed E-state index contributed by atoms with van der Waals surface area (Å²) in [5, 5.41) is 2.52. The minimum absolute atomic E-state index is 0.269. The zero-order valence-corrected chi connectivity index (χ0v) is 10.6. The van der Waals surface area contributed by atoms with E-state index in [1.54, 1.807) is 6.07 Å². The molecule has 1 rings (SSSR count). The third kappa shape index (κ3) is 2.91. The van der Waals surface area contributed by atoms with Crippen LogP contribution < -0.4 is 21.5 Å². The fourth-order valence-corrected chi connectivity index (χ4v) is 1.29. The first-order valence-electron chi connectivity index (χ1n) is 5.34. The molecule has 6 heteroatoms. The van der Waals surface area contributed by atoms with Gasteiger partial charge in [-0.3, -0.25) is 9.59 Å². The standard InChI is InChI=1S/C12H17N3O3/c1-12(2,11(14)17)15-10(16)8-5-4-7(18-3)6-9(8)13/h4-6H,13H2,1-3H3,(H2,14,17)(H,15,16). The number of carbonyl (C=O) groups is 2. The maximum absolute atomic E-state index is 11.9. The van der Waals surface area contributed by atoms with Crippen LogP contribution in [0, 0.1) is 0 Å². The molecule has 0 aliphatic heterocycles. The lowest BCUT2D eigenvalue weighted by atomic mass is 10.0. The van der Waals surface area contributed by atoms with Crippen molar-refractivity contribution in [1.82, 2.24) is 5.32 Å². The number of hydrogen-bond acceptors (Lipinski definition) is 4. The molecule has 0 saturated carbocycles. The number of ether oxygens (including phenoxy) is 1. The van der Waals surface area contributed by atoms with Crippen molar-refractivity contribution in [1.29, 1.82) is 0 Å². The fraction of sp³-hybridized carbons (Fsp3) is 0.333. The largest absolute Gasteiger partial charge is 0.497 e. The van der Waals surface area contributed by atoms with Crippen LogP contribution in [0.3, 0.4) is 0 Å². The number of nitrogen functional groups attached to an aromatic ring is 1. The highest BCUT2D eigenvalue weighted by Crippen LogP contribution is 2.20. The van der Waals surface area contributed by atoms with Gasteiger partial charge in [-0.15, -0.1) is 0 Å². The lowest BCUT2D eigenvalue weighted by molar-refractivity contribution is -0.122. The number of primary amides is 1. The van der Waals surface area contributed by atoms with Crippen LogP contribution in [0.1, 0.15) is 24.2 Å². The van der Waals surface area contributed by atoms with Crippen molar-refractivity contribution in [3.63, 3.8) is 0 Å². The van der Waals surface area contributed by atoms with Crippen molar-refractivity contribution in [2.24, 2.45) is 5.73 Å². The van der Waals surface area contributed by atoms with Gasteiger partial charge in [0.25, 0.3) is 5.91 Å². The molecule has 0 unspecified atom stereocenters. The van der Waals surface area contributed by atoms with Gasteiger partial charge < -0.3 is 21.5 Å². The van der Waals surface area contributed by atoms with Gasteiger partial charge in [-0.25, -0.2) is 0 Å². The van der Waals surface area contributed by atoms with Crippen LogP contribution >= 0.6 is 0 Å². The summed E-state index contributed by atoms with van der Waals surface area (Å²) < 4.78 is 4.98. The van der Waals surface area contributed by atoms with Crippen molar-refractivity contribution < 1.29 is 14.3 Å². The van der Waals surface area contributed by atoms with Crippen LogP contribution in [0.15, 0.2) is 18.2 Å². The topological polar surface area (TPSA) is 107 Å². The molecule has 0 aliphatic carbocycles. The Kier molecular flexibility index (Phi) is 3.80. The Morgan fingerprint density at radius 2 is 1.94 bits per heavy atom. The molecule has 18 heavy (non-hydrogen) atoms. The van der Waals surface area contributed by atoms with Crippen LogP contribution in [0.5, 0.6) is 5.75 Å². The molecular weight excluding hydrogens is 234 g/mol.